The molecule has 1 aromatic heterocycles. The number of carbonyl (C=O) groups excluding carboxylic acids is 1. The first kappa shape index (κ1) is 22.7. The average Bonchev–Trinajstić information content (AvgIpc) is 2.78. The van der Waals surface area contributed by atoms with E-state index in [1.807, 2.05) is 53.4 Å². The number of piperazine rings is 1. The maximum absolute atomic E-state index is 12.8. The minimum atomic E-state index is -0.260. The van der Waals surface area contributed by atoms with Crippen LogP contribution in [0.25, 0.3) is 0 Å². The molecule has 0 aliphatic carbocycles. The predicted molar refractivity (Wildman–Crippen MR) is 130 cm³/mol. The maximum atomic E-state index is 12.8. The van der Waals surface area contributed by atoms with Crippen LogP contribution >= 0.6 is 35.0 Å². The van der Waals surface area contributed by atoms with Gasteiger partial charge in [-0.2, -0.15) is 0 Å². The molecule has 3 aromatic rings. The molecule has 0 saturated carbocycles. The van der Waals surface area contributed by atoms with Crippen molar-refractivity contribution < 1.29 is 4.79 Å². The Kier molecular flexibility index (Phi) is 7.40. The van der Waals surface area contributed by atoms with Crippen LogP contribution in [0.4, 0.5) is 5.69 Å². The molecular weight excluding hydrogens is 467 g/mol. The SMILES string of the molecule is O=C(Cc1cc(=O)[nH]c(SCc2cccc(Cl)c2)n1)N1CCN(c2ccc(Cl)cc2)CC1. The Morgan fingerprint density at radius 3 is 2.47 bits per heavy atom. The molecule has 1 amide bonds. The number of thioether (sulfide) groups is 1. The Morgan fingerprint density at radius 2 is 1.75 bits per heavy atom. The second-order valence-corrected chi connectivity index (χ2v) is 9.32. The number of halogens is 2. The molecule has 0 atom stereocenters. The Hall–Kier alpha value is -2.48. The van der Waals surface area contributed by atoms with Crippen LogP contribution in [0.15, 0.2) is 64.5 Å². The zero-order valence-corrected chi connectivity index (χ0v) is 19.6. The van der Waals surface area contributed by atoms with Crippen molar-refractivity contribution in [2.45, 2.75) is 17.3 Å². The van der Waals surface area contributed by atoms with Crippen LogP contribution in [-0.2, 0) is 17.0 Å². The Bertz CT molecular complexity index is 1150. The molecule has 0 bridgehead atoms. The van der Waals surface area contributed by atoms with E-state index in [1.165, 1.54) is 17.8 Å². The second kappa shape index (κ2) is 10.4. The summed E-state index contributed by atoms with van der Waals surface area (Å²) in [6.07, 6.45) is 0.107. The molecule has 2 aromatic carbocycles. The van der Waals surface area contributed by atoms with Gasteiger partial charge in [0.25, 0.3) is 5.56 Å². The summed E-state index contributed by atoms with van der Waals surface area (Å²) < 4.78 is 0. The summed E-state index contributed by atoms with van der Waals surface area (Å²) in [4.78, 5) is 36.2. The first-order valence-electron chi connectivity index (χ1n) is 10.2. The number of carbonyl (C=O) groups is 1. The van der Waals surface area contributed by atoms with Crippen molar-refractivity contribution in [2.75, 3.05) is 31.1 Å². The number of H-pyrrole nitrogens is 1. The first-order valence-corrected chi connectivity index (χ1v) is 12.0. The number of nitrogens with zero attached hydrogens (tertiary/aromatic N) is 3. The zero-order valence-electron chi connectivity index (χ0n) is 17.3. The monoisotopic (exact) mass is 488 g/mol. The first-order chi connectivity index (χ1) is 15.5. The maximum Gasteiger partial charge on any atom is 0.251 e. The van der Waals surface area contributed by atoms with E-state index < -0.39 is 0 Å². The molecule has 0 radical (unpaired) electrons. The van der Waals surface area contributed by atoms with Gasteiger partial charge in [0, 0.05) is 53.7 Å². The van der Waals surface area contributed by atoms with E-state index in [-0.39, 0.29) is 17.9 Å². The van der Waals surface area contributed by atoms with E-state index in [0.717, 1.165) is 24.3 Å². The number of hydrogen-bond donors (Lipinski definition) is 1. The van der Waals surface area contributed by atoms with Gasteiger partial charge in [0.1, 0.15) is 0 Å². The lowest BCUT2D eigenvalue weighted by molar-refractivity contribution is -0.130. The average molecular weight is 489 g/mol. The van der Waals surface area contributed by atoms with Crippen LogP contribution < -0.4 is 10.5 Å². The van der Waals surface area contributed by atoms with E-state index in [2.05, 4.69) is 14.9 Å². The van der Waals surface area contributed by atoms with Gasteiger partial charge in [-0.1, -0.05) is 47.1 Å². The number of aromatic amines is 1. The number of anilines is 1. The van der Waals surface area contributed by atoms with Crippen molar-refractivity contribution in [3.05, 3.63) is 86.3 Å². The summed E-state index contributed by atoms with van der Waals surface area (Å²) in [5, 5.41) is 1.87. The largest absolute Gasteiger partial charge is 0.368 e. The number of hydrogen-bond acceptors (Lipinski definition) is 5. The van der Waals surface area contributed by atoms with Gasteiger partial charge in [-0.15, -0.1) is 0 Å². The fraction of sp³-hybridized carbons (Fsp3) is 0.261. The van der Waals surface area contributed by atoms with Crippen LogP contribution in [-0.4, -0.2) is 47.0 Å². The van der Waals surface area contributed by atoms with Crippen LogP contribution in [0.5, 0.6) is 0 Å². The lowest BCUT2D eigenvalue weighted by Gasteiger charge is -2.36. The van der Waals surface area contributed by atoms with Gasteiger partial charge < -0.3 is 14.8 Å². The molecule has 1 fully saturated rings. The fourth-order valence-electron chi connectivity index (χ4n) is 3.55. The molecule has 166 valence electrons. The summed E-state index contributed by atoms with van der Waals surface area (Å²) in [7, 11) is 0. The molecule has 1 aliphatic heterocycles. The smallest absolute Gasteiger partial charge is 0.251 e. The third kappa shape index (κ3) is 6.06. The van der Waals surface area contributed by atoms with E-state index in [4.69, 9.17) is 23.2 Å². The molecule has 1 aliphatic rings. The molecule has 32 heavy (non-hydrogen) atoms. The molecule has 9 heteroatoms. The quantitative estimate of drug-likeness (QED) is 0.414. The zero-order chi connectivity index (χ0) is 22.5. The van der Waals surface area contributed by atoms with Gasteiger partial charge >= 0.3 is 0 Å². The number of aromatic nitrogens is 2. The van der Waals surface area contributed by atoms with Crippen molar-refractivity contribution in [3.63, 3.8) is 0 Å². The molecule has 4 rings (SSSR count). The standard InChI is InChI=1S/C23H22Cl2N4O2S/c24-17-4-6-20(7-5-17)28-8-10-29(11-9-28)22(31)14-19-13-21(30)27-23(26-19)32-15-16-2-1-3-18(25)12-16/h1-7,12-13H,8-11,14-15H2,(H,26,27,30). The van der Waals surface area contributed by atoms with Gasteiger partial charge in [0.2, 0.25) is 5.91 Å². The molecule has 2 heterocycles. The van der Waals surface area contributed by atoms with Gasteiger partial charge in [-0.25, -0.2) is 4.98 Å². The van der Waals surface area contributed by atoms with Crippen LogP contribution in [0.3, 0.4) is 0 Å². The van der Waals surface area contributed by atoms with E-state index in [1.54, 1.807) is 0 Å². The van der Waals surface area contributed by atoms with Crippen molar-refractivity contribution in [1.82, 2.24) is 14.9 Å². The molecule has 0 unspecified atom stereocenters. The predicted octanol–water partition coefficient (Wildman–Crippen LogP) is 4.26. The van der Waals surface area contributed by atoms with Crippen LogP contribution in [0.2, 0.25) is 10.0 Å². The van der Waals surface area contributed by atoms with E-state index in [9.17, 15) is 9.59 Å². The fourth-order valence-corrected chi connectivity index (χ4v) is 4.73. The highest BCUT2D eigenvalue weighted by Crippen LogP contribution is 2.22. The highest BCUT2D eigenvalue weighted by molar-refractivity contribution is 7.98. The Morgan fingerprint density at radius 1 is 1.00 bits per heavy atom. The van der Waals surface area contributed by atoms with Gasteiger partial charge in [0.05, 0.1) is 12.1 Å². The van der Waals surface area contributed by atoms with Crippen LogP contribution in [0, 0.1) is 0 Å². The lowest BCUT2D eigenvalue weighted by atomic mass is 10.2. The molecular formula is C23H22Cl2N4O2S. The van der Waals surface area contributed by atoms with Gasteiger partial charge in [-0.05, 0) is 42.0 Å². The van der Waals surface area contributed by atoms with Crippen molar-refractivity contribution in [2.24, 2.45) is 0 Å². The third-order valence-corrected chi connectivity index (χ3v) is 6.63. The number of benzene rings is 2. The normalized spacial score (nSPS) is 13.9. The summed E-state index contributed by atoms with van der Waals surface area (Å²) in [6, 6.07) is 16.7. The highest BCUT2D eigenvalue weighted by Gasteiger charge is 2.22. The Labute approximate surface area is 200 Å². The third-order valence-electron chi connectivity index (χ3n) is 5.19. The van der Waals surface area contributed by atoms with Crippen molar-refractivity contribution >= 4 is 46.6 Å². The summed E-state index contributed by atoms with van der Waals surface area (Å²) >= 11 is 13.4. The Balaban J connectivity index is 1.34. The second-order valence-electron chi connectivity index (χ2n) is 7.48. The van der Waals surface area contributed by atoms with E-state index in [0.29, 0.717) is 39.7 Å². The van der Waals surface area contributed by atoms with Crippen molar-refractivity contribution in [1.29, 1.82) is 0 Å². The number of nitrogens with one attached hydrogen (secondary N) is 1. The van der Waals surface area contributed by atoms with Crippen LogP contribution in [0.1, 0.15) is 11.3 Å². The minimum Gasteiger partial charge on any atom is -0.368 e. The van der Waals surface area contributed by atoms with Gasteiger partial charge in [-0.3, -0.25) is 9.59 Å². The lowest BCUT2D eigenvalue weighted by Crippen LogP contribution is -2.49. The summed E-state index contributed by atoms with van der Waals surface area (Å²) in [5.41, 5.74) is 2.35. The molecule has 6 nitrogen and oxygen atoms in total. The van der Waals surface area contributed by atoms with E-state index >= 15 is 0 Å². The number of amides is 1. The highest BCUT2D eigenvalue weighted by atomic mass is 35.5. The molecule has 1 N–H and O–H groups in total. The van der Waals surface area contributed by atoms with Crippen molar-refractivity contribution in [3.8, 4) is 0 Å². The molecule has 1 saturated heterocycles. The summed E-state index contributed by atoms with van der Waals surface area (Å²) in [6.45, 7) is 2.75. The number of rotatable bonds is 6. The topological polar surface area (TPSA) is 69.3 Å². The van der Waals surface area contributed by atoms with Gasteiger partial charge in [0.15, 0.2) is 5.16 Å². The molecule has 0 spiro atoms. The minimum absolute atomic E-state index is 0.0235. The summed E-state index contributed by atoms with van der Waals surface area (Å²) in [5.74, 6) is 0.595.